The second-order valence-corrected chi connectivity index (χ2v) is 5.30. The van der Waals surface area contributed by atoms with Crippen molar-refractivity contribution in [3.8, 4) is 5.75 Å². The van der Waals surface area contributed by atoms with Crippen molar-refractivity contribution >= 4 is 11.7 Å². The summed E-state index contributed by atoms with van der Waals surface area (Å²) >= 11 is 0. The molecule has 3 rings (SSSR count). The first-order valence-electron chi connectivity index (χ1n) is 7.13. The van der Waals surface area contributed by atoms with E-state index in [-0.39, 0.29) is 17.8 Å². The number of rotatable bonds is 4. The summed E-state index contributed by atoms with van der Waals surface area (Å²) in [4.78, 5) is 11.5. The summed E-state index contributed by atoms with van der Waals surface area (Å²) in [6, 6.07) is 16.5. The predicted molar refractivity (Wildman–Crippen MR) is 84.5 cm³/mol. The number of cyclic esters (lactones) is 1. The van der Waals surface area contributed by atoms with Crippen LogP contribution in [0.15, 0.2) is 66.2 Å². The van der Waals surface area contributed by atoms with Gasteiger partial charge in [-0.15, -0.1) is 0 Å². The SMILES string of the molecule is CC1=CC(=O)O[C@@H]1[C@@H](Nc1ccccc1O)c1ccccc1. The number of carbonyl (C=O) groups excluding carboxylic acids is 1. The molecule has 0 saturated heterocycles. The molecule has 0 fully saturated rings. The van der Waals surface area contributed by atoms with Crippen molar-refractivity contribution in [2.45, 2.75) is 19.1 Å². The molecule has 1 heterocycles. The summed E-state index contributed by atoms with van der Waals surface area (Å²) in [5.41, 5.74) is 2.45. The fourth-order valence-electron chi connectivity index (χ4n) is 2.61. The minimum atomic E-state index is -0.394. The Morgan fingerprint density at radius 1 is 1.09 bits per heavy atom. The van der Waals surface area contributed by atoms with E-state index < -0.39 is 6.10 Å². The van der Waals surface area contributed by atoms with Gasteiger partial charge in [-0.3, -0.25) is 0 Å². The number of carbonyl (C=O) groups is 1. The highest BCUT2D eigenvalue weighted by Gasteiger charge is 2.32. The Morgan fingerprint density at radius 2 is 1.77 bits per heavy atom. The van der Waals surface area contributed by atoms with Gasteiger partial charge in [0.1, 0.15) is 11.9 Å². The molecule has 4 heteroatoms. The monoisotopic (exact) mass is 295 g/mol. The minimum absolute atomic E-state index is 0.161. The summed E-state index contributed by atoms with van der Waals surface area (Å²) in [6.07, 6.45) is 1.11. The van der Waals surface area contributed by atoms with Crippen LogP contribution in [-0.2, 0) is 9.53 Å². The highest BCUT2D eigenvalue weighted by Crippen LogP contribution is 2.34. The number of aromatic hydroxyl groups is 1. The molecule has 0 spiro atoms. The summed E-state index contributed by atoms with van der Waals surface area (Å²) in [5, 5.41) is 13.3. The zero-order valence-electron chi connectivity index (χ0n) is 12.2. The zero-order chi connectivity index (χ0) is 15.5. The van der Waals surface area contributed by atoms with Gasteiger partial charge >= 0.3 is 5.97 Å². The van der Waals surface area contributed by atoms with Crippen molar-refractivity contribution in [1.29, 1.82) is 0 Å². The third-order valence-electron chi connectivity index (χ3n) is 3.71. The number of esters is 1. The molecule has 0 aromatic heterocycles. The lowest BCUT2D eigenvalue weighted by Crippen LogP contribution is -2.27. The molecular formula is C18H17NO3. The fraction of sp³-hybridized carbons (Fsp3) is 0.167. The zero-order valence-corrected chi connectivity index (χ0v) is 12.2. The van der Waals surface area contributed by atoms with Gasteiger partial charge < -0.3 is 15.2 Å². The number of nitrogens with one attached hydrogen (secondary N) is 1. The lowest BCUT2D eigenvalue weighted by atomic mass is 9.96. The lowest BCUT2D eigenvalue weighted by Gasteiger charge is -2.27. The van der Waals surface area contributed by atoms with E-state index in [0.29, 0.717) is 5.69 Å². The average Bonchev–Trinajstić information content (AvgIpc) is 2.86. The van der Waals surface area contributed by atoms with Crippen LogP contribution in [0, 0.1) is 0 Å². The molecule has 0 saturated carbocycles. The number of hydrogen-bond acceptors (Lipinski definition) is 4. The molecule has 4 nitrogen and oxygen atoms in total. The summed E-state index contributed by atoms with van der Waals surface area (Å²) in [7, 11) is 0. The first kappa shape index (κ1) is 14.2. The molecule has 1 aliphatic heterocycles. The van der Waals surface area contributed by atoms with E-state index in [9.17, 15) is 9.90 Å². The minimum Gasteiger partial charge on any atom is -0.506 e. The quantitative estimate of drug-likeness (QED) is 0.670. The number of phenolic OH excluding ortho intramolecular Hbond substituents is 1. The predicted octanol–water partition coefficient (Wildman–Crippen LogP) is 3.42. The molecular weight excluding hydrogens is 278 g/mol. The van der Waals surface area contributed by atoms with Crippen LogP contribution in [0.3, 0.4) is 0 Å². The standard InChI is InChI=1S/C18H17NO3/c1-12-11-16(21)22-18(12)17(13-7-3-2-4-8-13)19-14-9-5-6-10-15(14)20/h2-11,17-20H,1H3/t17-,18-/m0/s1. The fourth-order valence-corrected chi connectivity index (χ4v) is 2.61. The van der Waals surface area contributed by atoms with Crippen molar-refractivity contribution in [3.63, 3.8) is 0 Å². The first-order chi connectivity index (χ1) is 10.6. The van der Waals surface area contributed by atoms with Crippen LogP contribution in [0.4, 0.5) is 5.69 Å². The Kier molecular flexibility index (Phi) is 3.83. The van der Waals surface area contributed by atoms with Crippen LogP contribution in [-0.4, -0.2) is 17.2 Å². The van der Waals surface area contributed by atoms with E-state index >= 15 is 0 Å². The number of para-hydroxylation sites is 2. The van der Waals surface area contributed by atoms with E-state index in [0.717, 1.165) is 11.1 Å². The van der Waals surface area contributed by atoms with Crippen LogP contribution < -0.4 is 5.32 Å². The van der Waals surface area contributed by atoms with Gasteiger partial charge in [0.25, 0.3) is 0 Å². The smallest absolute Gasteiger partial charge is 0.331 e. The first-order valence-corrected chi connectivity index (χ1v) is 7.13. The van der Waals surface area contributed by atoms with Gasteiger partial charge in [-0.05, 0) is 30.2 Å². The molecule has 0 amide bonds. The number of anilines is 1. The molecule has 0 bridgehead atoms. The van der Waals surface area contributed by atoms with Gasteiger partial charge in [0.15, 0.2) is 0 Å². The highest BCUT2D eigenvalue weighted by molar-refractivity contribution is 5.86. The Labute approximate surface area is 129 Å². The van der Waals surface area contributed by atoms with Gasteiger partial charge in [0.2, 0.25) is 0 Å². The third-order valence-corrected chi connectivity index (χ3v) is 3.71. The molecule has 2 atom stereocenters. The van der Waals surface area contributed by atoms with Crippen molar-refractivity contribution in [1.82, 2.24) is 0 Å². The highest BCUT2D eigenvalue weighted by atomic mass is 16.5. The molecule has 22 heavy (non-hydrogen) atoms. The van der Waals surface area contributed by atoms with Crippen LogP contribution >= 0.6 is 0 Å². The second-order valence-electron chi connectivity index (χ2n) is 5.30. The van der Waals surface area contributed by atoms with Gasteiger partial charge in [-0.2, -0.15) is 0 Å². The summed E-state index contributed by atoms with van der Waals surface area (Å²) in [6.45, 7) is 1.87. The molecule has 112 valence electrons. The van der Waals surface area contributed by atoms with E-state index in [4.69, 9.17) is 4.74 Å². The molecule has 2 N–H and O–H groups in total. The molecule has 2 aromatic rings. The largest absolute Gasteiger partial charge is 0.506 e. The van der Waals surface area contributed by atoms with Gasteiger partial charge in [-0.1, -0.05) is 42.5 Å². The number of phenols is 1. The average molecular weight is 295 g/mol. The van der Waals surface area contributed by atoms with Gasteiger partial charge in [0.05, 0.1) is 11.7 Å². The van der Waals surface area contributed by atoms with Gasteiger partial charge in [-0.25, -0.2) is 4.79 Å². The van der Waals surface area contributed by atoms with Crippen LogP contribution in [0.25, 0.3) is 0 Å². The van der Waals surface area contributed by atoms with E-state index in [2.05, 4.69) is 5.32 Å². The Hall–Kier alpha value is -2.75. The molecule has 0 radical (unpaired) electrons. The number of benzene rings is 2. The topological polar surface area (TPSA) is 58.6 Å². The molecule has 0 unspecified atom stereocenters. The maximum absolute atomic E-state index is 11.5. The summed E-state index contributed by atoms with van der Waals surface area (Å²) < 4.78 is 5.43. The third kappa shape index (κ3) is 2.81. The van der Waals surface area contributed by atoms with Crippen molar-refractivity contribution in [2.24, 2.45) is 0 Å². The lowest BCUT2D eigenvalue weighted by molar-refractivity contribution is -0.139. The number of hydrogen-bond donors (Lipinski definition) is 2. The van der Waals surface area contributed by atoms with E-state index in [1.165, 1.54) is 6.08 Å². The Balaban J connectivity index is 1.96. The van der Waals surface area contributed by atoms with Crippen LogP contribution in [0.2, 0.25) is 0 Å². The molecule has 1 aliphatic rings. The van der Waals surface area contributed by atoms with E-state index in [1.807, 2.05) is 43.3 Å². The summed E-state index contributed by atoms with van der Waals surface area (Å²) in [5.74, 6) is -0.170. The maximum Gasteiger partial charge on any atom is 0.331 e. The molecule has 2 aromatic carbocycles. The van der Waals surface area contributed by atoms with Crippen LogP contribution in [0.1, 0.15) is 18.5 Å². The Bertz CT molecular complexity index is 709. The Morgan fingerprint density at radius 3 is 2.41 bits per heavy atom. The normalized spacial score (nSPS) is 18.5. The van der Waals surface area contributed by atoms with Gasteiger partial charge in [0, 0.05) is 6.08 Å². The van der Waals surface area contributed by atoms with E-state index in [1.54, 1.807) is 18.2 Å². The number of ether oxygens (including phenoxy) is 1. The second kappa shape index (κ2) is 5.93. The maximum atomic E-state index is 11.5. The van der Waals surface area contributed by atoms with Crippen molar-refractivity contribution < 1.29 is 14.6 Å². The van der Waals surface area contributed by atoms with Crippen molar-refractivity contribution in [3.05, 3.63) is 71.8 Å². The van der Waals surface area contributed by atoms with Crippen LogP contribution in [0.5, 0.6) is 5.75 Å². The molecule has 0 aliphatic carbocycles. The van der Waals surface area contributed by atoms with Crippen molar-refractivity contribution in [2.75, 3.05) is 5.32 Å².